The van der Waals surface area contributed by atoms with Crippen LogP contribution in [0.2, 0.25) is 0 Å². The van der Waals surface area contributed by atoms with Gasteiger partial charge in [0.05, 0.1) is 19.3 Å². The van der Waals surface area contributed by atoms with Crippen LogP contribution in [0, 0.1) is 0 Å². The molecule has 1 fully saturated rings. The molecule has 1 amide bonds. The Balaban J connectivity index is 0.000000711. The van der Waals surface area contributed by atoms with E-state index in [0.29, 0.717) is 26.2 Å². The van der Waals surface area contributed by atoms with Gasteiger partial charge in [-0.05, 0) is 20.8 Å². The maximum atomic E-state index is 11.7. The number of carbonyl (C=O) groups is 2. The van der Waals surface area contributed by atoms with Crippen LogP contribution >= 0.6 is 0 Å². The lowest BCUT2D eigenvalue weighted by atomic mass is 10.2. The number of rotatable bonds is 1. The van der Waals surface area contributed by atoms with Gasteiger partial charge in [0.25, 0.3) is 5.97 Å². The minimum atomic E-state index is -0.833. The summed E-state index contributed by atoms with van der Waals surface area (Å²) in [7, 11) is 0. The van der Waals surface area contributed by atoms with E-state index in [-0.39, 0.29) is 12.2 Å². The zero-order chi connectivity index (χ0) is 15.1. The number of carboxylic acids is 1. The van der Waals surface area contributed by atoms with Crippen LogP contribution in [0.25, 0.3) is 0 Å². The third-order valence-corrected chi connectivity index (χ3v) is 2.05. The van der Waals surface area contributed by atoms with Gasteiger partial charge >= 0.3 is 6.09 Å². The lowest BCUT2D eigenvalue weighted by Crippen LogP contribution is -2.49. The Labute approximate surface area is 113 Å². The average Bonchev–Trinajstić information content (AvgIpc) is 2.26. The van der Waals surface area contributed by atoms with Crippen molar-refractivity contribution >= 4 is 12.1 Å². The molecule has 3 N–H and O–H groups in total. The van der Waals surface area contributed by atoms with Gasteiger partial charge in [-0.25, -0.2) is 4.79 Å². The molecule has 1 aliphatic rings. The summed E-state index contributed by atoms with van der Waals surface area (Å²) in [6.07, 6.45) is -0.351. The van der Waals surface area contributed by atoms with Gasteiger partial charge in [-0.1, -0.05) is 0 Å². The zero-order valence-corrected chi connectivity index (χ0v) is 12.0. The summed E-state index contributed by atoms with van der Waals surface area (Å²) >= 11 is 0. The van der Waals surface area contributed by atoms with Crippen molar-refractivity contribution in [2.24, 2.45) is 5.73 Å². The standard InChI is InChI=1S/C10H20N2O3.C2H4O2/c1-10(2,3)15-9(13)12-4-5-14-8(6-11)7-12;1-2(3)4/h8H,4-7,11H2,1-3H3;1H3,(H,3,4)/t8-;/m0./s1. The Kier molecular flexibility index (Phi) is 7.40. The van der Waals surface area contributed by atoms with Crippen LogP contribution in [0.1, 0.15) is 27.7 Å². The Bertz CT molecular complexity index is 297. The molecule has 1 rings (SSSR count). The maximum absolute atomic E-state index is 11.7. The molecular weight excluding hydrogens is 252 g/mol. The summed E-state index contributed by atoms with van der Waals surface area (Å²) in [6.45, 7) is 8.69. The van der Waals surface area contributed by atoms with Gasteiger partial charge in [0, 0.05) is 20.0 Å². The number of morpholine rings is 1. The highest BCUT2D eigenvalue weighted by Gasteiger charge is 2.27. The van der Waals surface area contributed by atoms with E-state index in [1.54, 1.807) is 4.90 Å². The van der Waals surface area contributed by atoms with E-state index >= 15 is 0 Å². The molecule has 0 aromatic rings. The van der Waals surface area contributed by atoms with Crippen molar-refractivity contribution in [3.8, 4) is 0 Å². The van der Waals surface area contributed by atoms with Crippen LogP contribution in [0.15, 0.2) is 0 Å². The summed E-state index contributed by atoms with van der Waals surface area (Å²) in [5, 5.41) is 7.42. The maximum Gasteiger partial charge on any atom is 0.410 e. The molecular formula is C12H24N2O5. The predicted octanol–water partition coefficient (Wildman–Crippen LogP) is 0.672. The third kappa shape index (κ3) is 9.26. The summed E-state index contributed by atoms with van der Waals surface area (Å²) in [5.74, 6) is -0.833. The number of nitrogens with zero attached hydrogens (tertiary/aromatic N) is 1. The third-order valence-electron chi connectivity index (χ3n) is 2.05. The van der Waals surface area contributed by atoms with Crippen molar-refractivity contribution in [1.82, 2.24) is 4.90 Å². The van der Waals surface area contributed by atoms with E-state index in [1.165, 1.54) is 0 Å². The molecule has 7 heteroatoms. The van der Waals surface area contributed by atoms with Crippen molar-refractivity contribution in [3.63, 3.8) is 0 Å². The van der Waals surface area contributed by atoms with E-state index in [4.69, 9.17) is 25.1 Å². The fourth-order valence-electron chi connectivity index (χ4n) is 1.35. The molecule has 0 bridgehead atoms. The molecule has 112 valence electrons. The summed E-state index contributed by atoms with van der Waals surface area (Å²) < 4.78 is 10.6. The molecule has 0 unspecified atom stereocenters. The number of aliphatic carboxylic acids is 1. The number of carbonyl (C=O) groups excluding carboxylic acids is 1. The van der Waals surface area contributed by atoms with Gasteiger partial charge in [-0.2, -0.15) is 0 Å². The smallest absolute Gasteiger partial charge is 0.410 e. The SMILES string of the molecule is CC(=O)O.CC(C)(C)OC(=O)N1CCO[C@@H](CN)C1. The van der Waals surface area contributed by atoms with Crippen molar-refractivity contribution in [2.75, 3.05) is 26.2 Å². The van der Waals surface area contributed by atoms with Crippen LogP contribution in [0.5, 0.6) is 0 Å². The van der Waals surface area contributed by atoms with E-state index in [9.17, 15) is 4.79 Å². The van der Waals surface area contributed by atoms with Crippen molar-refractivity contribution in [3.05, 3.63) is 0 Å². The lowest BCUT2D eigenvalue weighted by Gasteiger charge is -2.33. The van der Waals surface area contributed by atoms with Crippen molar-refractivity contribution < 1.29 is 24.2 Å². The molecule has 7 nitrogen and oxygen atoms in total. The number of carboxylic acid groups (broad SMARTS) is 1. The molecule has 0 radical (unpaired) electrons. The molecule has 1 atom stereocenters. The molecule has 0 saturated carbocycles. The molecule has 0 aliphatic carbocycles. The fraction of sp³-hybridized carbons (Fsp3) is 0.833. The van der Waals surface area contributed by atoms with Gasteiger partial charge in [-0.3, -0.25) is 4.79 Å². The van der Waals surface area contributed by atoms with Crippen LogP contribution in [-0.2, 0) is 14.3 Å². The van der Waals surface area contributed by atoms with Gasteiger partial charge < -0.3 is 25.2 Å². The van der Waals surface area contributed by atoms with E-state index in [0.717, 1.165) is 6.92 Å². The van der Waals surface area contributed by atoms with Crippen molar-refractivity contribution in [2.45, 2.75) is 39.4 Å². The second-order valence-electron chi connectivity index (χ2n) is 5.17. The summed E-state index contributed by atoms with van der Waals surface area (Å²) in [4.78, 5) is 22.3. The Morgan fingerprint density at radius 2 is 2.00 bits per heavy atom. The van der Waals surface area contributed by atoms with Gasteiger partial charge in [-0.15, -0.1) is 0 Å². The molecule has 19 heavy (non-hydrogen) atoms. The van der Waals surface area contributed by atoms with Crippen LogP contribution in [0.4, 0.5) is 4.79 Å². The first-order valence-electron chi connectivity index (χ1n) is 6.15. The summed E-state index contributed by atoms with van der Waals surface area (Å²) in [5.41, 5.74) is 5.04. The Hall–Kier alpha value is -1.34. The minimum Gasteiger partial charge on any atom is -0.481 e. The zero-order valence-electron chi connectivity index (χ0n) is 12.0. The molecule has 0 spiro atoms. The first-order chi connectivity index (χ1) is 8.65. The van der Waals surface area contributed by atoms with Crippen LogP contribution in [-0.4, -0.2) is 60.0 Å². The average molecular weight is 276 g/mol. The summed E-state index contributed by atoms with van der Waals surface area (Å²) in [6, 6.07) is 0. The Morgan fingerprint density at radius 1 is 1.47 bits per heavy atom. The molecule has 1 heterocycles. The topological polar surface area (TPSA) is 102 Å². The largest absolute Gasteiger partial charge is 0.481 e. The van der Waals surface area contributed by atoms with Gasteiger partial charge in [0.15, 0.2) is 0 Å². The first kappa shape index (κ1) is 17.7. The van der Waals surface area contributed by atoms with Crippen LogP contribution in [0.3, 0.4) is 0 Å². The first-order valence-corrected chi connectivity index (χ1v) is 6.15. The molecule has 1 aliphatic heterocycles. The lowest BCUT2D eigenvalue weighted by molar-refractivity contribution is -0.134. The number of nitrogens with two attached hydrogens (primary N) is 1. The monoisotopic (exact) mass is 276 g/mol. The highest BCUT2D eigenvalue weighted by atomic mass is 16.6. The number of hydrogen-bond donors (Lipinski definition) is 2. The molecule has 1 saturated heterocycles. The second kappa shape index (κ2) is 7.96. The predicted molar refractivity (Wildman–Crippen MR) is 69.9 cm³/mol. The molecule has 0 aromatic carbocycles. The van der Waals surface area contributed by atoms with Crippen LogP contribution < -0.4 is 5.73 Å². The second-order valence-corrected chi connectivity index (χ2v) is 5.17. The van der Waals surface area contributed by atoms with Gasteiger partial charge in [0.1, 0.15) is 5.60 Å². The van der Waals surface area contributed by atoms with Gasteiger partial charge in [0.2, 0.25) is 0 Å². The van der Waals surface area contributed by atoms with Crippen molar-refractivity contribution in [1.29, 1.82) is 0 Å². The highest BCUT2D eigenvalue weighted by Crippen LogP contribution is 2.12. The number of ether oxygens (including phenoxy) is 2. The highest BCUT2D eigenvalue weighted by molar-refractivity contribution is 5.68. The molecule has 0 aromatic heterocycles. The minimum absolute atomic E-state index is 0.0636. The van der Waals surface area contributed by atoms with E-state index < -0.39 is 11.6 Å². The quantitative estimate of drug-likeness (QED) is 0.730. The number of hydrogen-bond acceptors (Lipinski definition) is 5. The number of amides is 1. The Morgan fingerprint density at radius 3 is 2.42 bits per heavy atom. The normalized spacial score (nSPS) is 19.2. The van der Waals surface area contributed by atoms with E-state index in [2.05, 4.69) is 0 Å². The van der Waals surface area contributed by atoms with E-state index in [1.807, 2.05) is 20.8 Å². The fourth-order valence-corrected chi connectivity index (χ4v) is 1.35.